The molecule has 0 heterocycles. The summed E-state index contributed by atoms with van der Waals surface area (Å²) in [7, 11) is 0. The van der Waals surface area contributed by atoms with Crippen molar-refractivity contribution in [3.63, 3.8) is 0 Å². The molecule has 20 heavy (non-hydrogen) atoms. The van der Waals surface area contributed by atoms with E-state index in [1.165, 1.54) is 0 Å². The Kier molecular flexibility index (Phi) is 5.00. The second kappa shape index (κ2) is 7.19. The van der Waals surface area contributed by atoms with E-state index < -0.39 is 6.16 Å². The van der Waals surface area contributed by atoms with Crippen LogP contribution in [0.5, 0.6) is 11.5 Å². The fourth-order valence-corrected chi connectivity index (χ4v) is 1.59. The van der Waals surface area contributed by atoms with Gasteiger partial charge in [0.25, 0.3) is 0 Å². The van der Waals surface area contributed by atoms with Crippen LogP contribution in [0.3, 0.4) is 0 Å². The van der Waals surface area contributed by atoms with Crippen LogP contribution in [0.4, 0.5) is 4.79 Å². The highest BCUT2D eigenvalue weighted by Gasteiger charge is 2.04. The molecule has 4 nitrogen and oxygen atoms in total. The first-order valence-electron chi connectivity index (χ1n) is 6.39. The Bertz CT molecular complexity index is 534. The molecule has 0 bridgehead atoms. The Morgan fingerprint density at radius 2 is 1.60 bits per heavy atom. The van der Waals surface area contributed by atoms with Crippen LogP contribution in [0.1, 0.15) is 12.5 Å². The van der Waals surface area contributed by atoms with Crippen LogP contribution < -0.4 is 9.47 Å². The zero-order valence-electron chi connectivity index (χ0n) is 11.2. The standard InChI is InChI=1S/C16H16O4/c1-2-18-16(17)20-15-10-8-14(9-11-15)19-12-13-6-4-3-5-7-13/h3-11H,2,12H2,1H3. The summed E-state index contributed by atoms with van der Waals surface area (Å²) in [6, 6.07) is 16.7. The Morgan fingerprint density at radius 1 is 0.950 bits per heavy atom. The SMILES string of the molecule is CCOC(=O)Oc1ccc(OCc2ccccc2)cc1. The molecule has 0 atom stereocenters. The Labute approximate surface area is 117 Å². The fraction of sp³-hybridized carbons (Fsp3) is 0.188. The summed E-state index contributed by atoms with van der Waals surface area (Å²) in [4.78, 5) is 11.1. The number of carbonyl (C=O) groups excluding carboxylic acids is 1. The molecule has 0 aliphatic rings. The Morgan fingerprint density at radius 3 is 2.25 bits per heavy atom. The van der Waals surface area contributed by atoms with Crippen molar-refractivity contribution >= 4 is 6.16 Å². The van der Waals surface area contributed by atoms with E-state index in [0.29, 0.717) is 18.1 Å². The Balaban J connectivity index is 1.87. The molecule has 0 N–H and O–H groups in total. The van der Waals surface area contributed by atoms with Gasteiger partial charge in [-0.2, -0.15) is 0 Å². The van der Waals surface area contributed by atoms with Gasteiger partial charge in [0.15, 0.2) is 0 Å². The summed E-state index contributed by atoms with van der Waals surface area (Å²) in [5.74, 6) is 1.14. The third kappa shape index (κ3) is 4.31. The normalized spacial score (nSPS) is 9.85. The minimum atomic E-state index is -0.703. The third-order valence-electron chi connectivity index (χ3n) is 2.54. The molecular formula is C16H16O4. The van der Waals surface area contributed by atoms with Gasteiger partial charge >= 0.3 is 6.16 Å². The molecule has 0 radical (unpaired) electrons. The highest BCUT2D eigenvalue weighted by atomic mass is 16.7. The molecule has 2 aromatic rings. The zero-order valence-corrected chi connectivity index (χ0v) is 11.2. The minimum Gasteiger partial charge on any atom is -0.489 e. The van der Waals surface area contributed by atoms with Crippen LogP contribution in [-0.4, -0.2) is 12.8 Å². The molecule has 4 heteroatoms. The molecule has 0 saturated carbocycles. The number of carbonyl (C=O) groups is 1. The van der Waals surface area contributed by atoms with Gasteiger partial charge in [0.2, 0.25) is 0 Å². The van der Waals surface area contributed by atoms with Crippen molar-refractivity contribution in [2.24, 2.45) is 0 Å². The summed E-state index contributed by atoms with van der Waals surface area (Å²) in [5, 5.41) is 0. The molecule has 0 aliphatic heterocycles. The lowest BCUT2D eigenvalue weighted by Gasteiger charge is -2.07. The largest absolute Gasteiger partial charge is 0.513 e. The topological polar surface area (TPSA) is 44.8 Å². The van der Waals surface area contributed by atoms with Crippen LogP contribution in [-0.2, 0) is 11.3 Å². The van der Waals surface area contributed by atoms with E-state index in [9.17, 15) is 4.79 Å². The maximum atomic E-state index is 11.1. The van der Waals surface area contributed by atoms with Gasteiger partial charge in [-0.25, -0.2) is 4.79 Å². The molecule has 2 aromatic carbocycles. The van der Waals surface area contributed by atoms with Crippen LogP contribution in [0.25, 0.3) is 0 Å². The van der Waals surface area contributed by atoms with Gasteiger partial charge in [0.05, 0.1) is 6.61 Å². The first-order valence-corrected chi connectivity index (χ1v) is 6.39. The average Bonchev–Trinajstić information content (AvgIpc) is 2.48. The molecule has 2 rings (SSSR count). The molecule has 0 amide bonds. The van der Waals surface area contributed by atoms with Crippen LogP contribution in [0.2, 0.25) is 0 Å². The van der Waals surface area contributed by atoms with Gasteiger partial charge in [-0.15, -0.1) is 0 Å². The van der Waals surface area contributed by atoms with E-state index in [1.54, 1.807) is 31.2 Å². The van der Waals surface area contributed by atoms with Crippen molar-refractivity contribution in [2.75, 3.05) is 6.61 Å². The van der Waals surface area contributed by atoms with E-state index in [1.807, 2.05) is 30.3 Å². The Hall–Kier alpha value is -2.49. The molecule has 0 unspecified atom stereocenters. The first-order chi connectivity index (χ1) is 9.78. The number of benzene rings is 2. The summed E-state index contributed by atoms with van der Waals surface area (Å²) >= 11 is 0. The van der Waals surface area contributed by atoms with Gasteiger partial charge in [-0.3, -0.25) is 0 Å². The first kappa shape index (κ1) is 13.9. The molecule has 0 spiro atoms. The minimum absolute atomic E-state index is 0.289. The number of hydrogen-bond acceptors (Lipinski definition) is 4. The number of hydrogen-bond donors (Lipinski definition) is 0. The quantitative estimate of drug-likeness (QED) is 0.613. The average molecular weight is 272 g/mol. The van der Waals surface area contributed by atoms with Crippen LogP contribution in [0, 0.1) is 0 Å². The van der Waals surface area contributed by atoms with Crippen molar-refractivity contribution in [2.45, 2.75) is 13.5 Å². The summed E-state index contributed by atoms with van der Waals surface area (Å²) < 4.78 is 15.3. The second-order valence-corrected chi connectivity index (χ2v) is 4.03. The van der Waals surface area contributed by atoms with Crippen LogP contribution in [0.15, 0.2) is 54.6 Å². The smallest absolute Gasteiger partial charge is 0.489 e. The summed E-state index contributed by atoms with van der Waals surface area (Å²) in [6.45, 7) is 2.51. The van der Waals surface area contributed by atoms with Crippen molar-refractivity contribution < 1.29 is 19.0 Å². The van der Waals surface area contributed by atoms with E-state index >= 15 is 0 Å². The van der Waals surface area contributed by atoms with Crippen molar-refractivity contribution in [1.29, 1.82) is 0 Å². The maximum absolute atomic E-state index is 11.1. The van der Waals surface area contributed by atoms with E-state index in [0.717, 1.165) is 5.56 Å². The van der Waals surface area contributed by atoms with Gasteiger partial charge in [-0.05, 0) is 36.8 Å². The summed E-state index contributed by atoms with van der Waals surface area (Å²) in [6.07, 6.45) is -0.703. The zero-order chi connectivity index (χ0) is 14.2. The lowest BCUT2D eigenvalue weighted by Crippen LogP contribution is -2.09. The maximum Gasteiger partial charge on any atom is 0.513 e. The highest BCUT2D eigenvalue weighted by Crippen LogP contribution is 2.19. The lowest BCUT2D eigenvalue weighted by molar-refractivity contribution is 0.104. The van der Waals surface area contributed by atoms with E-state index in [2.05, 4.69) is 4.74 Å². The predicted molar refractivity (Wildman–Crippen MR) is 74.9 cm³/mol. The molecule has 0 aliphatic carbocycles. The van der Waals surface area contributed by atoms with Gasteiger partial charge < -0.3 is 14.2 Å². The molecule has 0 fully saturated rings. The molecule has 0 saturated heterocycles. The molecule has 104 valence electrons. The number of rotatable bonds is 5. The van der Waals surface area contributed by atoms with E-state index in [4.69, 9.17) is 9.47 Å². The van der Waals surface area contributed by atoms with Crippen molar-refractivity contribution in [1.82, 2.24) is 0 Å². The summed E-state index contributed by atoms with van der Waals surface area (Å²) in [5.41, 5.74) is 1.10. The lowest BCUT2D eigenvalue weighted by atomic mass is 10.2. The molecule has 0 aromatic heterocycles. The monoisotopic (exact) mass is 272 g/mol. The fourth-order valence-electron chi connectivity index (χ4n) is 1.59. The van der Waals surface area contributed by atoms with E-state index in [-0.39, 0.29) is 6.61 Å². The van der Waals surface area contributed by atoms with Crippen molar-refractivity contribution in [3.05, 3.63) is 60.2 Å². The highest BCUT2D eigenvalue weighted by molar-refractivity contribution is 5.63. The van der Waals surface area contributed by atoms with Crippen molar-refractivity contribution in [3.8, 4) is 11.5 Å². The predicted octanol–water partition coefficient (Wildman–Crippen LogP) is 3.80. The van der Waals surface area contributed by atoms with Gasteiger partial charge in [0.1, 0.15) is 18.1 Å². The second-order valence-electron chi connectivity index (χ2n) is 4.03. The number of ether oxygens (including phenoxy) is 3. The van der Waals surface area contributed by atoms with Gasteiger partial charge in [0, 0.05) is 0 Å². The van der Waals surface area contributed by atoms with Gasteiger partial charge in [-0.1, -0.05) is 30.3 Å². The molecular weight excluding hydrogens is 256 g/mol. The third-order valence-corrected chi connectivity index (χ3v) is 2.54. The van der Waals surface area contributed by atoms with Crippen LogP contribution >= 0.6 is 0 Å².